The van der Waals surface area contributed by atoms with Gasteiger partial charge in [0, 0.05) is 38.1 Å². The molecule has 0 N–H and O–H groups in total. The van der Waals surface area contributed by atoms with Crippen molar-refractivity contribution in [3.8, 4) is 6.07 Å². The molecule has 0 saturated carbocycles. The van der Waals surface area contributed by atoms with E-state index in [0.29, 0.717) is 11.7 Å². The molecular formula is C12H15N5. The van der Waals surface area contributed by atoms with Crippen molar-refractivity contribution in [1.82, 2.24) is 14.9 Å². The van der Waals surface area contributed by atoms with Crippen molar-refractivity contribution >= 4 is 5.82 Å². The van der Waals surface area contributed by atoms with Crippen molar-refractivity contribution < 1.29 is 0 Å². The number of piperazine rings is 1. The van der Waals surface area contributed by atoms with Gasteiger partial charge in [-0.05, 0) is 19.4 Å². The average Bonchev–Trinajstić information content (AvgIpc) is 2.85. The van der Waals surface area contributed by atoms with Crippen molar-refractivity contribution in [2.45, 2.75) is 18.9 Å². The SMILES string of the molecule is N#Cc1nccnc1N1CCN2CCCC2C1. The van der Waals surface area contributed by atoms with Gasteiger partial charge in [0.1, 0.15) is 6.07 Å². The molecule has 0 bridgehead atoms. The number of hydrogen-bond donors (Lipinski definition) is 0. The molecule has 2 fully saturated rings. The number of fused-ring (bicyclic) bond motifs is 1. The van der Waals surface area contributed by atoms with E-state index in [4.69, 9.17) is 5.26 Å². The lowest BCUT2D eigenvalue weighted by Gasteiger charge is -2.38. The molecule has 1 atom stereocenters. The number of anilines is 1. The molecule has 0 spiro atoms. The predicted molar refractivity (Wildman–Crippen MR) is 63.6 cm³/mol. The third kappa shape index (κ3) is 1.85. The van der Waals surface area contributed by atoms with Gasteiger partial charge in [-0.3, -0.25) is 4.90 Å². The molecule has 3 heterocycles. The molecule has 3 rings (SSSR count). The minimum absolute atomic E-state index is 0.443. The molecule has 2 aliphatic heterocycles. The predicted octanol–water partition coefficient (Wildman–Crippen LogP) is 0.633. The highest BCUT2D eigenvalue weighted by molar-refractivity contribution is 5.50. The maximum absolute atomic E-state index is 9.05. The maximum Gasteiger partial charge on any atom is 0.183 e. The third-order valence-corrected chi connectivity index (χ3v) is 3.67. The summed E-state index contributed by atoms with van der Waals surface area (Å²) in [4.78, 5) is 13.1. The standard InChI is InChI=1S/C12H15N5/c13-8-11-12(15-4-3-14-11)17-7-6-16-5-1-2-10(16)9-17/h3-4,10H,1-2,5-7,9H2. The lowest BCUT2D eigenvalue weighted by atomic mass is 10.1. The molecule has 0 aliphatic carbocycles. The zero-order chi connectivity index (χ0) is 11.7. The Morgan fingerprint density at radius 3 is 3.00 bits per heavy atom. The number of hydrogen-bond acceptors (Lipinski definition) is 5. The van der Waals surface area contributed by atoms with Crippen molar-refractivity contribution in [1.29, 1.82) is 5.26 Å². The van der Waals surface area contributed by atoms with Crippen LogP contribution in [0.3, 0.4) is 0 Å². The van der Waals surface area contributed by atoms with Crippen LogP contribution < -0.4 is 4.90 Å². The lowest BCUT2D eigenvalue weighted by Crippen LogP contribution is -2.50. The second-order valence-electron chi connectivity index (χ2n) is 4.62. The van der Waals surface area contributed by atoms with Gasteiger partial charge in [-0.25, -0.2) is 9.97 Å². The molecule has 1 aromatic heterocycles. The third-order valence-electron chi connectivity index (χ3n) is 3.67. The van der Waals surface area contributed by atoms with Crippen LogP contribution in [0.15, 0.2) is 12.4 Å². The Morgan fingerprint density at radius 2 is 2.12 bits per heavy atom. The van der Waals surface area contributed by atoms with E-state index in [1.54, 1.807) is 12.4 Å². The van der Waals surface area contributed by atoms with Crippen LogP contribution in [0.2, 0.25) is 0 Å². The Morgan fingerprint density at radius 1 is 1.24 bits per heavy atom. The smallest absolute Gasteiger partial charge is 0.183 e. The van der Waals surface area contributed by atoms with E-state index in [1.165, 1.54) is 19.4 Å². The Balaban J connectivity index is 1.83. The molecular weight excluding hydrogens is 214 g/mol. The topological polar surface area (TPSA) is 56.1 Å². The summed E-state index contributed by atoms with van der Waals surface area (Å²) in [7, 11) is 0. The summed E-state index contributed by atoms with van der Waals surface area (Å²) in [5, 5.41) is 9.05. The number of rotatable bonds is 1. The molecule has 2 saturated heterocycles. The van der Waals surface area contributed by atoms with Gasteiger partial charge in [0.25, 0.3) is 0 Å². The minimum Gasteiger partial charge on any atom is -0.351 e. The van der Waals surface area contributed by atoms with Crippen LogP contribution in [0, 0.1) is 11.3 Å². The summed E-state index contributed by atoms with van der Waals surface area (Å²) in [6.45, 7) is 4.23. The van der Waals surface area contributed by atoms with Crippen LogP contribution in [0.5, 0.6) is 0 Å². The van der Waals surface area contributed by atoms with E-state index >= 15 is 0 Å². The molecule has 88 valence electrons. The van der Waals surface area contributed by atoms with Gasteiger partial charge in [-0.15, -0.1) is 0 Å². The fraction of sp³-hybridized carbons (Fsp3) is 0.583. The molecule has 1 unspecified atom stereocenters. The Labute approximate surface area is 101 Å². The van der Waals surface area contributed by atoms with E-state index in [-0.39, 0.29) is 0 Å². The van der Waals surface area contributed by atoms with Crippen molar-refractivity contribution in [2.75, 3.05) is 31.1 Å². The van der Waals surface area contributed by atoms with Gasteiger partial charge in [-0.1, -0.05) is 0 Å². The maximum atomic E-state index is 9.05. The molecule has 5 heteroatoms. The van der Waals surface area contributed by atoms with Crippen LogP contribution >= 0.6 is 0 Å². The van der Waals surface area contributed by atoms with E-state index in [1.807, 2.05) is 0 Å². The van der Waals surface area contributed by atoms with Gasteiger partial charge in [0.05, 0.1) is 0 Å². The van der Waals surface area contributed by atoms with Crippen LogP contribution in [0.4, 0.5) is 5.82 Å². The summed E-state index contributed by atoms with van der Waals surface area (Å²) in [6.07, 6.45) is 5.80. The fourth-order valence-electron chi connectivity index (χ4n) is 2.82. The molecule has 2 aliphatic rings. The quantitative estimate of drug-likeness (QED) is 0.707. The zero-order valence-corrected chi connectivity index (χ0v) is 9.71. The fourth-order valence-corrected chi connectivity index (χ4v) is 2.82. The molecule has 0 radical (unpaired) electrons. The van der Waals surface area contributed by atoms with E-state index in [0.717, 1.165) is 25.5 Å². The van der Waals surface area contributed by atoms with Gasteiger partial charge >= 0.3 is 0 Å². The van der Waals surface area contributed by atoms with Crippen molar-refractivity contribution in [2.24, 2.45) is 0 Å². The number of nitriles is 1. The normalized spacial score (nSPS) is 24.4. The van der Waals surface area contributed by atoms with Crippen molar-refractivity contribution in [3.05, 3.63) is 18.1 Å². The first-order valence-electron chi connectivity index (χ1n) is 6.08. The first-order valence-corrected chi connectivity index (χ1v) is 6.08. The van der Waals surface area contributed by atoms with E-state index in [2.05, 4.69) is 25.8 Å². The minimum atomic E-state index is 0.443. The monoisotopic (exact) mass is 229 g/mol. The first kappa shape index (κ1) is 10.5. The van der Waals surface area contributed by atoms with Gasteiger partial charge in [-0.2, -0.15) is 5.26 Å². The highest BCUT2D eigenvalue weighted by Gasteiger charge is 2.31. The molecule has 1 aromatic rings. The summed E-state index contributed by atoms with van der Waals surface area (Å²) in [5.74, 6) is 0.751. The molecule has 0 aromatic carbocycles. The number of aromatic nitrogens is 2. The van der Waals surface area contributed by atoms with E-state index in [9.17, 15) is 0 Å². The summed E-state index contributed by atoms with van der Waals surface area (Å²) in [5.41, 5.74) is 0.443. The van der Waals surface area contributed by atoms with Crippen LogP contribution in [-0.2, 0) is 0 Å². The van der Waals surface area contributed by atoms with Gasteiger partial charge < -0.3 is 4.90 Å². The first-order chi connectivity index (χ1) is 8.38. The highest BCUT2D eigenvalue weighted by atomic mass is 15.3. The largest absolute Gasteiger partial charge is 0.351 e. The summed E-state index contributed by atoms with van der Waals surface area (Å²) in [6, 6.07) is 2.76. The van der Waals surface area contributed by atoms with Crippen LogP contribution in [0.25, 0.3) is 0 Å². The molecule has 0 amide bonds. The lowest BCUT2D eigenvalue weighted by molar-refractivity contribution is 0.230. The Bertz CT molecular complexity index is 452. The number of nitrogens with zero attached hydrogens (tertiary/aromatic N) is 5. The van der Waals surface area contributed by atoms with Crippen LogP contribution in [-0.4, -0.2) is 47.1 Å². The Hall–Kier alpha value is -1.67. The average molecular weight is 229 g/mol. The highest BCUT2D eigenvalue weighted by Crippen LogP contribution is 2.25. The molecule has 5 nitrogen and oxygen atoms in total. The second kappa shape index (κ2) is 4.30. The second-order valence-corrected chi connectivity index (χ2v) is 4.62. The van der Waals surface area contributed by atoms with Crippen molar-refractivity contribution in [3.63, 3.8) is 0 Å². The Kier molecular flexibility index (Phi) is 2.65. The summed E-state index contributed by atoms with van der Waals surface area (Å²) < 4.78 is 0. The molecule has 17 heavy (non-hydrogen) atoms. The zero-order valence-electron chi connectivity index (χ0n) is 9.71. The van der Waals surface area contributed by atoms with Gasteiger partial charge in [0.15, 0.2) is 11.5 Å². The van der Waals surface area contributed by atoms with E-state index < -0.39 is 0 Å². The van der Waals surface area contributed by atoms with Crippen LogP contribution in [0.1, 0.15) is 18.5 Å². The summed E-state index contributed by atoms with van der Waals surface area (Å²) >= 11 is 0. The van der Waals surface area contributed by atoms with Gasteiger partial charge in [0.2, 0.25) is 0 Å².